The summed E-state index contributed by atoms with van der Waals surface area (Å²) >= 11 is 3.31. The Balaban J connectivity index is 1.78. The van der Waals surface area contributed by atoms with Crippen LogP contribution in [0, 0.1) is 0 Å². The Labute approximate surface area is 193 Å². The van der Waals surface area contributed by atoms with Gasteiger partial charge in [0.05, 0.1) is 30.1 Å². The van der Waals surface area contributed by atoms with Crippen molar-refractivity contribution in [3.05, 3.63) is 71.2 Å². The molecule has 0 saturated heterocycles. The summed E-state index contributed by atoms with van der Waals surface area (Å²) in [5.41, 5.74) is 1.75. The number of nitrogens with one attached hydrogen (secondary N) is 2. The molecule has 8 nitrogen and oxygen atoms in total. The fourth-order valence-corrected chi connectivity index (χ4v) is 4.25. The summed E-state index contributed by atoms with van der Waals surface area (Å²) in [6, 6.07) is 18.7. The number of hydrogen-bond donors (Lipinski definition) is 2. The summed E-state index contributed by atoms with van der Waals surface area (Å²) < 4.78 is 39.9. The third-order valence-corrected chi connectivity index (χ3v) is 6.42. The molecule has 0 bridgehead atoms. The van der Waals surface area contributed by atoms with Crippen LogP contribution in [-0.2, 0) is 10.0 Å². The first kappa shape index (κ1) is 21.8. The van der Waals surface area contributed by atoms with Gasteiger partial charge in [-0.05, 0) is 36.4 Å². The normalized spacial score (nSPS) is 11.2. The van der Waals surface area contributed by atoms with Crippen LogP contribution in [0.3, 0.4) is 0 Å². The van der Waals surface area contributed by atoms with E-state index in [2.05, 4.69) is 35.9 Å². The quantitative estimate of drug-likeness (QED) is 0.359. The minimum Gasteiger partial charge on any atom is -0.497 e. The fraction of sp³-hybridized carbons (Fsp3) is 0.0909. The first-order valence-electron chi connectivity index (χ1n) is 9.43. The Morgan fingerprint density at radius 3 is 1.94 bits per heavy atom. The molecule has 0 aliphatic rings. The van der Waals surface area contributed by atoms with Crippen LogP contribution in [0.15, 0.2) is 76.1 Å². The van der Waals surface area contributed by atoms with Gasteiger partial charge in [0.1, 0.15) is 11.5 Å². The van der Waals surface area contributed by atoms with Crippen LogP contribution in [0.2, 0.25) is 0 Å². The lowest BCUT2D eigenvalue weighted by atomic mass is 10.2. The van der Waals surface area contributed by atoms with E-state index in [0.29, 0.717) is 28.2 Å². The van der Waals surface area contributed by atoms with E-state index in [1.807, 2.05) is 12.1 Å². The van der Waals surface area contributed by atoms with Crippen molar-refractivity contribution in [2.45, 2.75) is 4.90 Å². The van der Waals surface area contributed by atoms with Crippen molar-refractivity contribution in [3.8, 4) is 11.5 Å². The average molecular weight is 515 g/mol. The number of benzene rings is 3. The van der Waals surface area contributed by atoms with Gasteiger partial charge >= 0.3 is 0 Å². The van der Waals surface area contributed by atoms with Gasteiger partial charge in [-0.1, -0.05) is 28.1 Å². The summed E-state index contributed by atoms with van der Waals surface area (Å²) in [5, 5.41) is 3.13. The van der Waals surface area contributed by atoms with Gasteiger partial charge in [0.2, 0.25) is 0 Å². The van der Waals surface area contributed by atoms with Gasteiger partial charge in [0.25, 0.3) is 10.0 Å². The van der Waals surface area contributed by atoms with Crippen LogP contribution in [0.5, 0.6) is 11.5 Å². The number of ether oxygens (including phenoxy) is 2. The van der Waals surface area contributed by atoms with Crippen LogP contribution in [0.4, 0.5) is 17.3 Å². The molecule has 4 rings (SSSR count). The molecule has 32 heavy (non-hydrogen) atoms. The largest absolute Gasteiger partial charge is 0.497 e. The molecule has 0 aliphatic carbocycles. The topological polar surface area (TPSA) is 102 Å². The van der Waals surface area contributed by atoms with Gasteiger partial charge in [0, 0.05) is 28.4 Å². The number of aromatic nitrogens is 2. The second-order valence-corrected chi connectivity index (χ2v) is 9.29. The summed E-state index contributed by atoms with van der Waals surface area (Å²) in [6.07, 6.45) is 0. The molecule has 10 heteroatoms. The molecular formula is C22H19BrN4O4S. The Morgan fingerprint density at radius 1 is 0.812 bits per heavy atom. The number of methoxy groups -OCH3 is 2. The van der Waals surface area contributed by atoms with E-state index < -0.39 is 10.0 Å². The predicted octanol–water partition coefficient (Wildman–Crippen LogP) is 4.95. The van der Waals surface area contributed by atoms with Crippen LogP contribution in [-0.4, -0.2) is 32.6 Å². The standard InChI is InChI=1S/C22H19BrN4O4S/c1-30-16-11-15(12-17(13-16)31-2)24-21-22(26-20-6-4-3-5-19(20)25-21)27-32(28,29)18-9-7-14(23)8-10-18/h3-13H,1-2H3,(H,24,25)(H,26,27). The molecule has 0 amide bonds. The van der Waals surface area contributed by atoms with E-state index in [0.717, 1.165) is 4.47 Å². The van der Waals surface area contributed by atoms with Gasteiger partial charge in [-0.25, -0.2) is 18.4 Å². The molecule has 0 saturated carbocycles. The molecule has 164 valence electrons. The van der Waals surface area contributed by atoms with E-state index in [4.69, 9.17) is 9.47 Å². The zero-order valence-electron chi connectivity index (χ0n) is 17.2. The molecule has 1 aromatic heterocycles. The smallest absolute Gasteiger partial charge is 0.263 e. The van der Waals surface area contributed by atoms with Crippen molar-refractivity contribution in [3.63, 3.8) is 0 Å². The second kappa shape index (κ2) is 9.01. The minimum absolute atomic E-state index is 0.0633. The number of para-hydroxylation sites is 2. The van der Waals surface area contributed by atoms with Crippen molar-refractivity contribution >= 4 is 54.3 Å². The predicted molar refractivity (Wildman–Crippen MR) is 127 cm³/mol. The molecule has 0 fully saturated rings. The molecule has 4 aromatic rings. The third kappa shape index (κ3) is 4.76. The SMILES string of the molecule is COc1cc(Nc2nc3ccccc3nc2NS(=O)(=O)c2ccc(Br)cc2)cc(OC)c1. The lowest BCUT2D eigenvalue weighted by Crippen LogP contribution is -2.16. The number of halogens is 1. The summed E-state index contributed by atoms with van der Waals surface area (Å²) in [4.78, 5) is 9.18. The van der Waals surface area contributed by atoms with E-state index in [9.17, 15) is 8.42 Å². The third-order valence-electron chi connectivity index (χ3n) is 4.54. The lowest BCUT2D eigenvalue weighted by molar-refractivity contribution is 0.395. The average Bonchev–Trinajstić information content (AvgIpc) is 2.79. The van der Waals surface area contributed by atoms with E-state index in [1.54, 1.807) is 56.7 Å². The lowest BCUT2D eigenvalue weighted by Gasteiger charge is -2.15. The zero-order chi connectivity index (χ0) is 22.7. The summed E-state index contributed by atoms with van der Waals surface area (Å²) in [7, 11) is -0.806. The van der Waals surface area contributed by atoms with Gasteiger partial charge in [-0.2, -0.15) is 0 Å². The molecule has 0 unspecified atom stereocenters. The highest BCUT2D eigenvalue weighted by molar-refractivity contribution is 9.10. The molecule has 0 atom stereocenters. The monoisotopic (exact) mass is 514 g/mol. The maximum atomic E-state index is 13.0. The summed E-state index contributed by atoms with van der Waals surface area (Å²) in [5.74, 6) is 1.43. The highest BCUT2D eigenvalue weighted by Crippen LogP contribution is 2.31. The maximum Gasteiger partial charge on any atom is 0.263 e. The second-order valence-electron chi connectivity index (χ2n) is 6.70. The number of sulfonamides is 1. The van der Waals surface area contributed by atoms with E-state index in [1.165, 1.54) is 12.1 Å². The van der Waals surface area contributed by atoms with E-state index >= 15 is 0 Å². The minimum atomic E-state index is -3.90. The van der Waals surface area contributed by atoms with Crippen molar-refractivity contribution in [2.75, 3.05) is 24.3 Å². The number of hydrogen-bond acceptors (Lipinski definition) is 7. The molecular weight excluding hydrogens is 496 g/mol. The van der Waals surface area contributed by atoms with Gasteiger partial charge in [-0.15, -0.1) is 0 Å². The first-order chi connectivity index (χ1) is 15.4. The van der Waals surface area contributed by atoms with Crippen molar-refractivity contribution in [1.82, 2.24) is 9.97 Å². The first-order valence-corrected chi connectivity index (χ1v) is 11.7. The molecule has 1 heterocycles. The molecule has 3 aromatic carbocycles. The maximum absolute atomic E-state index is 13.0. The highest BCUT2D eigenvalue weighted by Gasteiger charge is 2.19. The Kier molecular flexibility index (Phi) is 6.15. The molecule has 0 radical (unpaired) electrons. The number of anilines is 3. The summed E-state index contributed by atoms with van der Waals surface area (Å²) in [6.45, 7) is 0. The fourth-order valence-electron chi connectivity index (χ4n) is 2.97. The van der Waals surface area contributed by atoms with Crippen LogP contribution >= 0.6 is 15.9 Å². The number of nitrogens with zero attached hydrogens (tertiary/aromatic N) is 2. The van der Waals surface area contributed by atoms with Crippen LogP contribution in [0.1, 0.15) is 0 Å². The molecule has 2 N–H and O–H groups in total. The van der Waals surface area contributed by atoms with Gasteiger partial charge in [0.15, 0.2) is 11.6 Å². The number of rotatable bonds is 7. The highest BCUT2D eigenvalue weighted by atomic mass is 79.9. The van der Waals surface area contributed by atoms with Crippen molar-refractivity contribution in [2.24, 2.45) is 0 Å². The van der Waals surface area contributed by atoms with Crippen molar-refractivity contribution < 1.29 is 17.9 Å². The Bertz CT molecular complexity index is 1360. The van der Waals surface area contributed by atoms with Gasteiger partial charge < -0.3 is 14.8 Å². The Hall–Kier alpha value is -3.37. The Morgan fingerprint density at radius 2 is 1.38 bits per heavy atom. The molecule has 0 aliphatic heterocycles. The van der Waals surface area contributed by atoms with E-state index in [-0.39, 0.29) is 16.5 Å². The van der Waals surface area contributed by atoms with Crippen molar-refractivity contribution in [1.29, 1.82) is 0 Å². The zero-order valence-corrected chi connectivity index (χ0v) is 19.6. The van der Waals surface area contributed by atoms with Crippen LogP contribution < -0.4 is 19.5 Å². The number of fused-ring (bicyclic) bond motifs is 1. The van der Waals surface area contributed by atoms with Crippen LogP contribution in [0.25, 0.3) is 11.0 Å². The van der Waals surface area contributed by atoms with Gasteiger partial charge in [-0.3, -0.25) is 4.72 Å². The molecule has 0 spiro atoms.